The van der Waals surface area contributed by atoms with E-state index < -0.39 is 58.6 Å². The molecule has 1 fully saturated rings. The van der Waals surface area contributed by atoms with Crippen LogP contribution in [0.4, 0.5) is 35.1 Å². The first kappa shape index (κ1) is 23.8. The highest BCUT2D eigenvalue weighted by atomic mass is 19.3. The topological polar surface area (TPSA) is 27.7 Å². The van der Waals surface area contributed by atoms with Gasteiger partial charge in [-0.1, -0.05) is 6.92 Å². The SMILES string of the molecule is CC1CCC(c2cc(F)c(C(F)(F)Oc3cc(F)c(OC=C(F)F)c(F)c3)c(F)c2)OC1. The van der Waals surface area contributed by atoms with Gasteiger partial charge in [-0.15, -0.1) is 0 Å². The molecule has 1 aliphatic heterocycles. The molecule has 1 heterocycles. The molecule has 2 atom stereocenters. The Morgan fingerprint density at radius 3 is 2.06 bits per heavy atom. The average Bonchev–Trinajstić information content (AvgIpc) is 2.66. The van der Waals surface area contributed by atoms with Gasteiger partial charge in [-0.2, -0.15) is 17.6 Å². The van der Waals surface area contributed by atoms with Crippen molar-refractivity contribution in [1.82, 2.24) is 0 Å². The van der Waals surface area contributed by atoms with E-state index in [0.717, 1.165) is 6.42 Å². The van der Waals surface area contributed by atoms with Crippen molar-refractivity contribution in [1.29, 1.82) is 0 Å². The van der Waals surface area contributed by atoms with Crippen molar-refractivity contribution in [3.05, 3.63) is 71.0 Å². The molecule has 3 rings (SSSR count). The van der Waals surface area contributed by atoms with E-state index in [-0.39, 0.29) is 29.9 Å². The molecule has 0 aliphatic carbocycles. The second-order valence-electron chi connectivity index (χ2n) is 7.22. The number of hydrogen-bond donors (Lipinski definition) is 0. The van der Waals surface area contributed by atoms with Gasteiger partial charge in [-0.05, 0) is 36.5 Å². The minimum absolute atomic E-state index is 0.0261. The summed E-state index contributed by atoms with van der Waals surface area (Å²) in [6.45, 7) is 2.28. The van der Waals surface area contributed by atoms with E-state index in [9.17, 15) is 35.1 Å². The van der Waals surface area contributed by atoms with Crippen LogP contribution in [0.1, 0.15) is 37.0 Å². The van der Waals surface area contributed by atoms with Crippen LogP contribution in [0.2, 0.25) is 0 Å². The van der Waals surface area contributed by atoms with Crippen molar-refractivity contribution in [2.75, 3.05) is 6.61 Å². The summed E-state index contributed by atoms with van der Waals surface area (Å²) in [5.74, 6) is -8.82. The normalized spacial score (nSPS) is 18.9. The highest BCUT2D eigenvalue weighted by Gasteiger charge is 2.42. The highest BCUT2D eigenvalue weighted by molar-refractivity contribution is 5.37. The lowest BCUT2D eigenvalue weighted by atomic mass is 9.95. The van der Waals surface area contributed by atoms with Crippen LogP contribution in [0.25, 0.3) is 0 Å². The summed E-state index contributed by atoms with van der Waals surface area (Å²) >= 11 is 0. The van der Waals surface area contributed by atoms with Crippen molar-refractivity contribution in [3.63, 3.8) is 0 Å². The van der Waals surface area contributed by atoms with Gasteiger partial charge in [-0.25, -0.2) is 17.6 Å². The highest BCUT2D eigenvalue weighted by Crippen LogP contribution is 2.39. The molecule has 0 spiro atoms. The fourth-order valence-corrected chi connectivity index (χ4v) is 3.21. The van der Waals surface area contributed by atoms with Crippen molar-refractivity contribution in [2.45, 2.75) is 32.0 Å². The summed E-state index contributed by atoms with van der Waals surface area (Å²) in [5.41, 5.74) is -1.74. The zero-order chi connectivity index (χ0) is 23.6. The number of ether oxygens (including phenoxy) is 3. The number of benzene rings is 2. The Hall–Kier alpha value is -2.82. The molecule has 32 heavy (non-hydrogen) atoms. The maximum absolute atomic E-state index is 14.5. The first-order chi connectivity index (χ1) is 15.0. The molecule has 0 aromatic heterocycles. The van der Waals surface area contributed by atoms with E-state index in [4.69, 9.17) is 4.74 Å². The average molecular weight is 468 g/mol. The van der Waals surface area contributed by atoms with Crippen LogP contribution in [0.15, 0.2) is 36.6 Å². The third-order valence-corrected chi connectivity index (χ3v) is 4.71. The fraction of sp³-hybridized carbons (Fsp3) is 0.333. The molecule has 0 amide bonds. The van der Waals surface area contributed by atoms with Crippen LogP contribution in [0, 0.1) is 29.2 Å². The minimum Gasteiger partial charge on any atom is -0.453 e. The van der Waals surface area contributed by atoms with Crippen LogP contribution in [-0.4, -0.2) is 6.61 Å². The Kier molecular flexibility index (Phi) is 6.97. The van der Waals surface area contributed by atoms with Gasteiger partial charge in [-0.3, -0.25) is 0 Å². The Morgan fingerprint density at radius 1 is 0.969 bits per heavy atom. The number of hydrogen-bond acceptors (Lipinski definition) is 3. The van der Waals surface area contributed by atoms with E-state index in [1.54, 1.807) is 0 Å². The molecular formula is C21H16F8O3. The van der Waals surface area contributed by atoms with Crippen LogP contribution < -0.4 is 9.47 Å². The quantitative estimate of drug-likeness (QED) is 0.338. The van der Waals surface area contributed by atoms with Gasteiger partial charge in [0.2, 0.25) is 0 Å². The van der Waals surface area contributed by atoms with E-state index in [1.807, 2.05) is 6.92 Å². The van der Waals surface area contributed by atoms with E-state index in [0.29, 0.717) is 25.2 Å². The van der Waals surface area contributed by atoms with Gasteiger partial charge in [0.25, 0.3) is 0 Å². The Bertz CT molecular complexity index is 966. The second kappa shape index (κ2) is 9.35. The number of halogens is 8. The third kappa shape index (κ3) is 5.32. The molecule has 0 radical (unpaired) electrons. The van der Waals surface area contributed by atoms with Gasteiger partial charge in [0.15, 0.2) is 23.6 Å². The van der Waals surface area contributed by atoms with Gasteiger partial charge >= 0.3 is 12.2 Å². The second-order valence-corrected chi connectivity index (χ2v) is 7.22. The number of alkyl halides is 2. The smallest absolute Gasteiger partial charge is 0.432 e. The molecule has 1 aliphatic rings. The molecule has 2 unspecified atom stereocenters. The molecule has 0 saturated carbocycles. The molecule has 0 N–H and O–H groups in total. The predicted octanol–water partition coefficient (Wildman–Crippen LogP) is 6.98. The molecule has 174 valence electrons. The van der Waals surface area contributed by atoms with Crippen molar-refractivity contribution < 1.29 is 49.3 Å². The first-order valence-corrected chi connectivity index (χ1v) is 9.32. The van der Waals surface area contributed by atoms with Gasteiger partial charge in [0, 0.05) is 18.7 Å². The summed E-state index contributed by atoms with van der Waals surface area (Å²) in [4.78, 5) is 0. The van der Waals surface area contributed by atoms with Crippen LogP contribution in [0.3, 0.4) is 0 Å². The molecule has 0 bridgehead atoms. The van der Waals surface area contributed by atoms with Gasteiger partial charge in [0.05, 0.1) is 6.10 Å². The standard InChI is InChI=1S/C21H16F8O3/c1-10-2-3-17(30-8-10)11-4-13(22)19(14(23)5-11)21(28,29)32-12-6-15(24)20(16(25)7-12)31-9-18(26)27/h4-7,9-10,17H,2-3,8H2,1H3. The van der Waals surface area contributed by atoms with Crippen molar-refractivity contribution in [3.8, 4) is 11.5 Å². The largest absolute Gasteiger partial charge is 0.453 e. The molecule has 1 saturated heterocycles. The van der Waals surface area contributed by atoms with Crippen molar-refractivity contribution >= 4 is 0 Å². The lowest BCUT2D eigenvalue weighted by molar-refractivity contribution is -0.189. The zero-order valence-corrected chi connectivity index (χ0v) is 16.4. The summed E-state index contributed by atoms with van der Waals surface area (Å²) in [7, 11) is 0. The summed E-state index contributed by atoms with van der Waals surface area (Å²) < 4.78 is 123. The maximum Gasteiger partial charge on any atom is 0.432 e. The lowest BCUT2D eigenvalue weighted by Gasteiger charge is -2.28. The van der Waals surface area contributed by atoms with Crippen LogP contribution in [0.5, 0.6) is 11.5 Å². The molecular weight excluding hydrogens is 452 g/mol. The summed E-state index contributed by atoms with van der Waals surface area (Å²) in [6.07, 6.45) is -6.84. The fourth-order valence-electron chi connectivity index (χ4n) is 3.21. The Balaban J connectivity index is 1.86. The van der Waals surface area contributed by atoms with Crippen LogP contribution in [-0.2, 0) is 10.8 Å². The minimum atomic E-state index is -4.67. The number of rotatable bonds is 6. The van der Waals surface area contributed by atoms with E-state index in [2.05, 4.69) is 9.47 Å². The molecule has 2 aromatic rings. The molecule has 11 heteroatoms. The van der Waals surface area contributed by atoms with Gasteiger partial charge in [0.1, 0.15) is 22.9 Å². The molecule has 2 aromatic carbocycles. The molecule has 3 nitrogen and oxygen atoms in total. The summed E-state index contributed by atoms with van der Waals surface area (Å²) in [5, 5.41) is 0. The zero-order valence-electron chi connectivity index (χ0n) is 16.4. The van der Waals surface area contributed by atoms with Crippen LogP contribution >= 0.6 is 0 Å². The Labute approximate surface area is 177 Å². The summed E-state index contributed by atoms with van der Waals surface area (Å²) in [6, 6.07) is 1.76. The third-order valence-electron chi connectivity index (χ3n) is 4.71. The monoisotopic (exact) mass is 468 g/mol. The van der Waals surface area contributed by atoms with Crippen molar-refractivity contribution in [2.24, 2.45) is 5.92 Å². The predicted molar refractivity (Wildman–Crippen MR) is 95.3 cm³/mol. The van der Waals surface area contributed by atoms with Gasteiger partial charge < -0.3 is 14.2 Å². The van der Waals surface area contributed by atoms with E-state index in [1.165, 1.54) is 0 Å². The Morgan fingerprint density at radius 2 is 1.56 bits per heavy atom. The lowest BCUT2D eigenvalue weighted by Crippen LogP contribution is -2.26. The van der Waals surface area contributed by atoms with E-state index >= 15 is 0 Å². The first-order valence-electron chi connectivity index (χ1n) is 9.32. The maximum atomic E-state index is 14.5.